The van der Waals surface area contributed by atoms with Gasteiger partial charge in [-0.3, -0.25) is 4.57 Å². The zero-order valence-electron chi connectivity index (χ0n) is 19.0. The molecule has 0 bridgehead atoms. The van der Waals surface area contributed by atoms with Gasteiger partial charge in [0, 0.05) is 27.9 Å². The Morgan fingerprint density at radius 3 is 2.31 bits per heavy atom. The first kappa shape index (κ1) is 19.7. The molecule has 35 heavy (non-hydrogen) atoms. The minimum Gasteiger partial charge on any atom is -0.308 e. The van der Waals surface area contributed by atoms with E-state index in [4.69, 9.17) is 10.4 Å². The zero-order chi connectivity index (χ0) is 23.5. The van der Waals surface area contributed by atoms with Crippen molar-refractivity contribution in [3.05, 3.63) is 121 Å². The van der Waals surface area contributed by atoms with Crippen LogP contribution in [0, 0.1) is 5.41 Å². The second-order valence-electron chi connectivity index (χ2n) is 8.85. The third kappa shape index (κ3) is 2.72. The number of fused-ring (bicyclic) bond motifs is 3. The van der Waals surface area contributed by atoms with Gasteiger partial charge in [0.1, 0.15) is 5.82 Å². The number of para-hydroxylation sites is 1. The first-order valence-electron chi connectivity index (χ1n) is 11.7. The molecule has 0 saturated heterocycles. The molecule has 1 aliphatic rings. The molecule has 0 amide bonds. The van der Waals surface area contributed by atoms with Crippen molar-refractivity contribution in [1.82, 2.24) is 9.55 Å². The van der Waals surface area contributed by atoms with E-state index in [0.29, 0.717) is 0 Å². The quantitative estimate of drug-likeness (QED) is 0.273. The Bertz CT molecular complexity index is 1870. The van der Waals surface area contributed by atoms with E-state index in [0.717, 1.165) is 50.0 Å². The van der Waals surface area contributed by atoms with Crippen LogP contribution in [-0.4, -0.2) is 15.8 Å². The number of rotatable bonds is 4. The van der Waals surface area contributed by atoms with Crippen molar-refractivity contribution in [1.29, 1.82) is 5.41 Å². The van der Waals surface area contributed by atoms with E-state index in [1.165, 1.54) is 28.1 Å². The minimum atomic E-state index is 0.855. The van der Waals surface area contributed by atoms with E-state index in [1.54, 1.807) is 0 Å². The van der Waals surface area contributed by atoms with E-state index in [1.807, 2.05) is 18.2 Å². The predicted molar refractivity (Wildman–Crippen MR) is 147 cm³/mol. The summed E-state index contributed by atoms with van der Waals surface area (Å²) >= 11 is 0. The second-order valence-corrected chi connectivity index (χ2v) is 8.85. The van der Waals surface area contributed by atoms with E-state index in [-0.39, 0.29) is 0 Å². The van der Waals surface area contributed by atoms with Gasteiger partial charge in [-0.25, -0.2) is 4.98 Å². The van der Waals surface area contributed by atoms with Crippen molar-refractivity contribution in [2.24, 2.45) is 0 Å². The molecule has 6 aromatic rings. The summed E-state index contributed by atoms with van der Waals surface area (Å²) in [5, 5.41) is 11.6. The molecule has 0 aliphatic heterocycles. The number of pyridine rings is 1. The molecule has 2 heterocycles. The molecular weight excluding hydrogens is 426 g/mol. The SMILES string of the molecule is C=CC1=C(C=N)c2cc(-n3c4ccccc4c4cc(-c5ccccc5)ccc43)nc3cccc1c23. The molecule has 4 aromatic carbocycles. The van der Waals surface area contributed by atoms with Gasteiger partial charge in [0.05, 0.1) is 16.6 Å². The van der Waals surface area contributed by atoms with E-state index >= 15 is 0 Å². The first-order chi connectivity index (χ1) is 17.3. The average molecular weight is 448 g/mol. The van der Waals surface area contributed by atoms with E-state index < -0.39 is 0 Å². The highest BCUT2D eigenvalue weighted by atomic mass is 15.1. The maximum absolute atomic E-state index is 8.13. The molecule has 1 N–H and O–H groups in total. The third-order valence-corrected chi connectivity index (χ3v) is 7.05. The Morgan fingerprint density at radius 2 is 1.49 bits per heavy atom. The number of aromatic nitrogens is 2. The fourth-order valence-corrected chi connectivity index (χ4v) is 5.52. The van der Waals surface area contributed by atoms with Gasteiger partial charge in [-0.2, -0.15) is 0 Å². The Kier molecular flexibility index (Phi) is 4.15. The molecule has 0 atom stereocenters. The first-order valence-corrected chi connectivity index (χ1v) is 11.7. The van der Waals surface area contributed by atoms with Crippen molar-refractivity contribution in [3.8, 4) is 16.9 Å². The largest absolute Gasteiger partial charge is 0.308 e. The fourth-order valence-electron chi connectivity index (χ4n) is 5.52. The molecule has 164 valence electrons. The normalized spacial score (nSPS) is 12.7. The van der Waals surface area contributed by atoms with Crippen molar-refractivity contribution >= 4 is 50.1 Å². The summed E-state index contributed by atoms with van der Waals surface area (Å²) in [6.45, 7) is 4.01. The van der Waals surface area contributed by atoms with Gasteiger partial charge in [0.15, 0.2) is 0 Å². The van der Waals surface area contributed by atoms with Gasteiger partial charge in [-0.05, 0) is 58.2 Å². The topological polar surface area (TPSA) is 41.7 Å². The van der Waals surface area contributed by atoms with Gasteiger partial charge in [0.2, 0.25) is 0 Å². The Morgan fingerprint density at radius 1 is 0.686 bits per heavy atom. The number of allylic oxidation sites excluding steroid dienone is 3. The lowest BCUT2D eigenvalue weighted by molar-refractivity contribution is 1.10. The molecule has 7 rings (SSSR count). The van der Waals surface area contributed by atoms with Crippen LogP contribution in [0.5, 0.6) is 0 Å². The molecule has 2 aromatic heterocycles. The van der Waals surface area contributed by atoms with Crippen LogP contribution in [0.3, 0.4) is 0 Å². The van der Waals surface area contributed by atoms with Crippen LogP contribution in [-0.2, 0) is 0 Å². The highest BCUT2D eigenvalue weighted by Gasteiger charge is 2.24. The van der Waals surface area contributed by atoms with Crippen molar-refractivity contribution in [3.63, 3.8) is 0 Å². The van der Waals surface area contributed by atoms with Crippen LogP contribution in [0.15, 0.2) is 110 Å². The van der Waals surface area contributed by atoms with Gasteiger partial charge in [0.25, 0.3) is 0 Å². The average Bonchev–Trinajstić information content (AvgIpc) is 3.41. The minimum absolute atomic E-state index is 0.855. The lowest BCUT2D eigenvalue weighted by Gasteiger charge is -2.11. The Balaban J connectivity index is 1.56. The molecule has 0 radical (unpaired) electrons. The molecule has 0 fully saturated rings. The van der Waals surface area contributed by atoms with Crippen LogP contribution in [0.25, 0.3) is 60.8 Å². The molecule has 3 nitrogen and oxygen atoms in total. The van der Waals surface area contributed by atoms with Gasteiger partial charge < -0.3 is 5.41 Å². The van der Waals surface area contributed by atoms with Crippen LogP contribution >= 0.6 is 0 Å². The zero-order valence-corrected chi connectivity index (χ0v) is 19.0. The number of nitrogens with zero attached hydrogens (tertiary/aromatic N) is 2. The summed E-state index contributed by atoms with van der Waals surface area (Å²) in [5.41, 5.74) is 9.58. The van der Waals surface area contributed by atoms with Crippen LogP contribution in [0.1, 0.15) is 11.1 Å². The van der Waals surface area contributed by atoms with Crippen LogP contribution < -0.4 is 0 Å². The third-order valence-electron chi connectivity index (χ3n) is 7.05. The summed E-state index contributed by atoms with van der Waals surface area (Å²) in [6, 6.07) is 34.0. The smallest absolute Gasteiger partial charge is 0.138 e. The summed E-state index contributed by atoms with van der Waals surface area (Å²) in [7, 11) is 0. The number of hydrogen-bond donors (Lipinski definition) is 1. The maximum atomic E-state index is 8.13. The van der Waals surface area contributed by atoms with Crippen LogP contribution in [0.4, 0.5) is 0 Å². The monoisotopic (exact) mass is 447 g/mol. The predicted octanol–water partition coefficient (Wildman–Crippen LogP) is 8.06. The number of nitrogens with one attached hydrogen (secondary N) is 1. The summed E-state index contributed by atoms with van der Waals surface area (Å²) < 4.78 is 2.25. The highest BCUT2D eigenvalue weighted by molar-refractivity contribution is 6.30. The van der Waals surface area contributed by atoms with Gasteiger partial charge in [-0.15, -0.1) is 0 Å². The lowest BCUT2D eigenvalue weighted by atomic mass is 10.0. The molecule has 0 saturated carbocycles. The van der Waals surface area contributed by atoms with Crippen molar-refractivity contribution in [2.45, 2.75) is 0 Å². The standard InChI is InChI=1S/C32H21N3/c1-2-22-24-12-8-13-28-32(24)26(27(22)19-33)18-31(34-28)35-29-14-7-6-11-23(29)25-17-21(15-16-30(25)35)20-9-4-3-5-10-20/h2-19,33H,1H2. The summed E-state index contributed by atoms with van der Waals surface area (Å²) in [6.07, 6.45) is 3.29. The summed E-state index contributed by atoms with van der Waals surface area (Å²) in [5.74, 6) is 0.855. The lowest BCUT2D eigenvalue weighted by Crippen LogP contribution is -1.99. The molecular formula is C32H21N3. The van der Waals surface area contributed by atoms with E-state index in [2.05, 4.69) is 96.1 Å². The molecule has 1 aliphatic carbocycles. The van der Waals surface area contributed by atoms with Crippen molar-refractivity contribution < 1.29 is 0 Å². The Labute approximate surface area is 202 Å². The summed E-state index contributed by atoms with van der Waals surface area (Å²) in [4.78, 5) is 5.12. The highest BCUT2D eigenvalue weighted by Crippen LogP contribution is 2.43. The van der Waals surface area contributed by atoms with Gasteiger partial charge in [-0.1, -0.05) is 79.4 Å². The molecule has 3 heteroatoms. The second kappa shape index (κ2) is 7.37. The van der Waals surface area contributed by atoms with Crippen molar-refractivity contribution in [2.75, 3.05) is 0 Å². The van der Waals surface area contributed by atoms with Gasteiger partial charge >= 0.3 is 0 Å². The maximum Gasteiger partial charge on any atom is 0.138 e. The molecule has 0 spiro atoms. The molecule has 0 unspecified atom stereocenters. The Hall–Kier alpha value is -4.76. The van der Waals surface area contributed by atoms with Crippen LogP contribution in [0.2, 0.25) is 0 Å². The fraction of sp³-hybridized carbons (Fsp3) is 0. The number of benzene rings is 4. The van der Waals surface area contributed by atoms with E-state index in [9.17, 15) is 0 Å². The number of hydrogen-bond acceptors (Lipinski definition) is 2.